The van der Waals surface area contributed by atoms with Crippen LogP contribution in [0.15, 0.2) is 30.3 Å². The molecule has 0 aromatic heterocycles. The van der Waals surface area contributed by atoms with E-state index in [4.69, 9.17) is 9.84 Å². The van der Waals surface area contributed by atoms with Gasteiger partial charge in [-0.1, -0.05) is 18.2 Å². The highest BCUT2D eigenvalue weighted by atomic mass is 16.5. The number of para-hydroxylation sites is 1. The molecular weight excluding hydrogens is 246 g/mol. The number of hydrogen-bond acceptors (Lipinski definition) is 3. The van der Waals surface area contributed by atoms with Gasteiger partial charge in [0.2, 0.25) is 0 Å². The molecule has 1 heterocycles. The molecule has 1 aliphatic rings. The largest absolute Gasteiger partial charge is 0.481 e. The van der Waals surface area contributed by atoms with E-state index < -0.39 is 18.1 Å². The van der Waals surface area contributed by atoms with E-state index in [0.717, 1.165) is 6.42 Å². The summed E-state index contributed by atoms with van der Waals surface area (Å²) in [7, 11) is 0. The van der Waals surface area contributed by atoms with Gasteiger partial charge in [-0.15, -0.1) is 0 Å². The zero-order valence-electron chi connectivity index (χ0n) is 10.8. The molecule has 1 aliphatic heterocycles. The summed E-state index contributed by atoms with van der Waals surface area (Å²) in [5.74, 6) is -0.610. The van der Waals surface area contributed by atoms with E-state index in [1.54, 1.807) is 19.1 Å². The Morgan fingerprint density at radius 3 is 2.68 bits per heavy atom. The van der Waals surface area contributed by atoms with Crippen LogP contribution in [-0.2, 0) is 9.59 Å². The molecule has 0 spiro atoms. The predicted octanol–water partition coefficient (Wildman–Crippen LogP) is 1.53. The van der Waals surface area contributed by atoms with Crippen LogP contribution in [0.1, 0.15) is 19.8 Å². The van der Waals surface area contributed by atoms with Crippen molar-refractivity contribution in [2.24, 2.45) is 0 Å². The van der Waals surface area contributed by atoms with Crippen LogP contribution in [-0.4, -0.2) is 40.6 Å². The van der Waals surface area contributed by atoms with Gasteiger partial charge in [0.25, 0.3) is 5.91 Å². The molecule has 1 unspecified atom stereocenters. The first-order valence-corrected chi connectivity index (χ1v) is 6.34. The Hall–Kier alpha value is -2.04. The summed E-state index contributed by atoms with van der Waals surface area (Å²) >= 11 is 0. The maximum absolute atomic E-state index is 12.2. The highest BCUT2D eigenvalue weighted by molar-refractivity contribution is 5.86. The average molecular weight is 263 g/mol. The zero-order valence-corrected chi connectivity index (χ0v) is 10.8. The van der Waals surface area contributed by atoms with Crippen LogP contribution in [0.4, 0.5) is 0 Å². The monoisotopic (exact) mass is 263 g/mol. The van der Waals surface area contributed by atoms with E-state index in [1.165, 1.54) is 4.90 Å². The topological polar surface area (TPSA) is 66.8 Å². The smallest absolute Gasteiger partial charge is 0.326 e. The van der Waals surface area contributed by atoms with Crippen molar-refractivity contribution < 1.29 is 19.4 Å². The van der Waals surface area contributed by atoms with Crippen molar-refractivity contribution in [3.63, 3.8) is 0 Å². The first-order valence-electron chi connectivity index (χ1n) is 6.34. The van der Waals surface area contributed by atoms with Crippen LogP contribution in [0.3, 0.4) is 0 Å². The van der Waals surface area contributed by atoms with Crippen LogP contribution in [0.25, 0.3) is 0 Å². The molecule has 1 N–H and O–H groups in total. The summed E-state index contributed by atoms with van der Waals surface area (Å²) in [6.07, 6.45) is 0.558. The molecule has 0 saturated carbocycles. The molecular formula is C14H17NO4. The number of ether oxygens (including phenoxy) is 1. The van der Waals surface area contributed by atoms with Crippen LogP contribution >= 0.6 is 0 Å². The molecule has 102 valence electrons. The van der Waals surface area contributed by atoms with E-state index in [0.29, 0.717) is 18.7 Å². The number of nitrogens with zero attached hydrogens (tertiary/aromatic N) is 1. The molecule has 1 saturated heterocycles. The average Bonchev–Trinajstić information content (AvgIpc) is 2.88. The second-order valence-corrected chi connectivity index (χ2v) is 4.60. The van der Waals surface area contributed by atoms with Crippen LogP contribution in [0.2, 0.25) is 0 Å². The van der Waals surface area contributed by atoms with Crippen molar-refractivity contribution in [1.82, 2.24) is 4.90 Å². The molecule has 1 aromatic carbocycles. The third-order valence-corrected chi connectivity index (χ3v) is 3.22. The van der Waals surface area contributed by atoms with Crippen LogP contribution in [0.5, 0.6) is 5.75 Å². The minimum atomic E-state index is -0.947. The van der Waals surface area contributed by atoms with Gasteiger partial charge in [-0.2, -0.15) is 0 Å². The number of rotatable bonds is 4. The Morgan fingerprint density at radius 1 is 1.37 bits per heavy atom. The number of likely N-dealkylation sites (tertiary alicyclic amines) is 1. The molecule has 0 bridgehead atoms. The summed E-state index contributed by atoms with van der Waals surface area (Å²) in [5, 5.41) is 9.07. The van der Waals surface area contributed by atoms with Gasteiger partial charge in [-0.3, -0.25) is 4.79 Å². The fourth-order valence-electron chi connectivity index (χ4n) is 2.27. The number of hydrogen-bond donors (Lipinski definition) is 1. The Balaban J connectivity index is 2.01. The molecule has 1 amide bonds. The van der Waals surface area contributed by atoms with E-state index in [-0.39, 0.29) is 5.91 Å². The standard InChI is InChI=1S/C14H17NO4/c1-10(19-11-6-3-2-4-7-11)13(16)15-9-5-8-12(15)14(17)18/h2-4,6-7,10,12H,5,8-9H2,1H3,(H,17,18)/t10?,12-/m0/s1. The number of carboxylic acids is 1. The molecule has 2 rings (SSSR count). The molecule has 2 atom stereocenters. The lowest BCUT2D eigenvalue weighted by Gasteiger charge is -2.25. The fraction of sp³-hybridized carbons (Fsp3) is 0.429. The van der Waals surface area contributed by atoms with E-state index in [9.17, 15) is 9.59 Å². The predicted molar refractivity (Wildman–Crippen MR) is 68.9 cm³/mol. The maximum atomic E-state index is 12.2. The summed E-state index contributed by atoms with van der Waals surface area (Å²) in [5.41, 5.74) is 0. The number of aliphatic carboxylic acids is 1. The van der Waals surface area contributed by atoms with E-state index in [2.05, 4.69) is 0 Å². The minimum Gasteiger partial charge on any atom is -0.481 e. The lowest BCUT2D eigenvalue weighted by molar-refractivity contribution is -0.150. The molecule has 5 nitrogen and oxygen atoms in total. The van der Waals surface area contributed by atoms with Gasteiger partial charge in [-0.05, 0) is 31.9 Å². The number of amides is 1. The van der Waals surface area contributed by atoms with Gasteiger partial charge in [-0.25, -0.2) is 4.79 Å². The molecule has 1 aromatic rings. The molecule has 5 heteroatoms. The second-order valence-electron chi connectivity index (χ2n) is 4.60. The highest BCUT2D eigenvalue weighted by Crippen LogP contribution is 2.20. The normalized spacial score (nSPS) is 20.1. The number of carbonyl (C=O) groups excluding carboxylic acids is 1. The van der Waals surface area contributed by atoms with Crippen molar-refractivity contribution in [3.05, 3.63) is 30.3 Å². The SMILES string of the molecule is CC(Oc1ccccc1)C(=O)N1CCC[C@H]1C(=O)O. The molecule has 0 radical (unpaired) electrons. The van der Waals surface area contributed by atoms with Gasteiger partial charge in [0.05, 0.1) is 0 Å². The van der Waals surface area contributed by atoms with Crippen molar-refractivity contribution >= 4 is 11.9 Å². The first kappa shape index (κ1) is 13.4. The van der Waals surface area contributed by atoms with Gasteiger partial charge in [0.1, 0.15) is 11.8 Å². The third kappa shape index (κ3) is 3.05. The quantitative estimate of drug-likeness (QED) is 0.894. The number of carbonyl (C=O) groups is 2. The lowest BCUT2D eigenvalue weighted by Crippen LogP contribution is -2.46. The van der Waals surface area contributed by atoms with Crippen molar-refractivity contribution in [2.75, 3.05) is 6.54 Å². The van der Waals surface area contributed by atoms with Gasteiger partial charge >= 0.3 is 5.97 Å². The van der Waals surface area contributed by atoms with Gasteiger partial charge < -0.3 is 14.7 Å². The van der Waals surface area contributed by atoms with Crippen molar-refractivity contribution in [1.29, 1.82) is 0 Å². The third-order valence-electron chi connectivity index (χ3n) is 3.22. The Labute approximate surface area is 111 Å². The summed E-state index contributed by atoms with van der Waals surface area (Å²) in [6, 6.07) is 8.32. The summed E-state index contributed by atoms with van der Waals surface area (Å²) in [6.45, 7) is 2.13. The van der Waals surface area contributed by atoms with Crippen molar-refractivity contribution in [2.45, 2.75) is 31.9 Å². The minimum absolute atomic E-state index is 0.270. The van der Waals surface area contributed by atoms with Gasteiger partial charge in [0, 0.05) is 6.54 Å². The second kappa shape index (κ2) is 5.73. The van der Waals surface area contributed by atoms with E-state index >= 15 is 0 Å². The first-order chi connectivity index (χ1) is 9.09. The number of benzene rings is 1. The summed E-state index contributed by atoms with van der Waals surface area (Å²) < 4.78 is 5.53. The maximum Gasteiger partial charge on any atom is 0.326 e. The Morgan fingerprint density at radius 2 is 2.05 bits per heavy atom. The summed E-state index contributed by atoms with van der Waals surface area (Å²) in [4.78, 5) is 24.7. The Bertz CT molecular complexity index is 460. The Kier molecular flexibility index (Phi) is 4.04. The lowest BCUT2D eigenvalue weighted by atomic mass is 10.2. The van der Waals surface area contributed by atoms with Crippen molar-refractivity contribution in [3.8, 4) is 5.75 Å². The number of carboxylic acid groups (broad SMARTS) is 1. The molecule has 19 heavy (non-hydrogen) atoms. The van der Waals surface area contributed by atoms with E-state index in [1.807, 2.05) is 18.2 Å². The molecule has 1 fully saturated rings. The zero-order chi connectivity index (χ0) is 13.8. The fourth-order valence-corrected chi connectivity index (χ4v) is 2.27. The van der Waals surface area contributed by atoms with Crippen LogP contribution < -0.4 is 4.74 Å². The highest BCUT2D eigenvalue weighted by Gasteiger charge is 2.36. The van der Waals surface area contributed by atoms with Gasteiger partial charge in [0.15, 0.2) is 6.10 Å². The molecule has 0 aliphatic carbocycles. The van der Waals surface area contributed by atoms with Crippen LogP contribution in [0, 0.1) is 0 Å².